The van der Waals surface area contributed by atoms with E-state index in [1.54, 1.807) is 0 Å². The molecule has 3 rings (SSSR count). The van der Waals surface area contributed by atoms with Gasteiger partial charge in [0, 0.05) is 18.2 Å². The minimum absolute atomic E-state index is 0.297. The van der Waals surface area contributed by atoms with Crippen LogP contribution in [-0.2, 0) is 13.2 Å². The molecule has 25 heavy (non-hydrogen) atoms. The summed E-state index contributed by atoms with van der Waals surface area (Å²) in [5.41, 5.74) is 4.92. The van der Waals surface area contributed by atoms with E-state index in [0.717, 1.165) is 12.3 Å². The van der Waals surface area contributed by atoms with Crippen LogP contribution in [0.4, 0.5) is 0 Å². The highest BCUT2D eigenvalue weighted by molar-refractivity contribution is 5.34. The van der Waals surface area contributed by atoms with Crippen molar-refractivity contribution in [2.24, 2.45) is 0 Å². The fourth-order valence-electron chi connectivity index (χ4n) is 2.88. The highest BCUT2D eigenvalue weighted by Crippen LogP contribution is 2.21. The van der Waals surface area contributed by atoms with Crippen molar-refractivity contribution in [1.82, 2.24) is 5.32 Å². The minimum Gasteiger partial charge on any atom is -0.489 e. The van der Waals surface area contributed by atoms with E-state index in [1.807, 2.05) is 18.2 Å². The van der Waals surface area contributed by atoms with Crippen molar-refractivity contribution >= 4 is 0 Å². The van der Waals surface area contributed by atoms with Crippen LogP contribution in [0.3, 0.4) is 0 Å². The van der Waals surface area contributed by atoms with Crippen LogP contribution in [0, 0.1) is 6.92 Å². The highest BCUT2D eigenvalue weighted by atomic mass is 16.5. The topological polar surface area (TPSA) is 21.3 Å². The summed E-state index contributed by atoms with van der Waals surface area (Å²) >= 11 is 0. The molecule has 0 bridgehead atoms. The van der Waals surface area contributed by atoms with E-state index >= 15 is 0 Å². The third-order valence-electron chi connectivity index (χ3n) is 4.35. The summed E-state index contributed by atoms with van der Waals surface area (Å²) in [6, 6.07) is 27.5. The van der Waals surface area contributed by atoms with E-state index in [2.05, 4.69) is 79.8 Å². The van der Waals surface area contributed by atoms with E-state index in [-0.39, 0.29) is 0 Å². The summed E-state index contributed by atoms with van der Waals surface area (Å²) < 4.78 is 6.08. The van der Waals surface area contributed by atoms with Crippen LogP contribution < -0.4 is 10.1 Å². The maximum Gasteiger partial charge on any atom is 0.124 e. The second kappa shape index (κ2) is 8.50. The number of aryl methyl sites for hydroxylation is 1. The van der Waals surface area contributed by atoms with Crippen molar-refractivity contribution in [3.8, 4) is 5.75 Å². The number of rotatable bonds is 7. The largest absolute Gasteiger partial charge is 0.489 e. The SMILES string of the molecule is Cc1cccc(COc2ccccc2CNC(C)c2ccccc2)c1. The fourth-order valence-corrected chi connectivity index (χ4v) is 2.88. The van der Waals surface area contributed by atoms with Crippen molar-refractivity contribution in [3.05, 3.63) is 101 Å². The zero-order chi connectivity index (χ0) is 17.5. The lowest BCUT2D eigenvalue weighted by Gasteiger charge is -2.16. The maximum absolute atomic E-state index is 6.08. The Labute approximate surface area is 150 Å². The third kappa shape index (κ3) is 4.94. The van der Waals surface area contributed by atoms with Crippen LogP contribution in [0.5, 0.6) is 5.75 Å². The van der Waals surface area contributed by atoms with Gasteiger partial charge in [0.2, 0.25) is 0 Å². The molecule has 0 radical (unpaired) electrons. The molecule has 3 aromatic rings. The Hall–Kier alpha value is -2.58. The lowest BCUT2D eigenvalue weighted by atomic mass is 10.1. The summed E-state index contributed by atoms with van der Waals surface area (Å²) in [5.74, 6) is 0.941. The number of hydrogen-bond donors (Lipinski definition) is 1. The van der Waals surface area contributed by atoms with Gasteiger partial charge in [0.1, 0.15) is 12.4 Å². The quantitative estimate of drug-likeness (QED) is 0.624. The maximum atomic E-state index is 6.08. The predicted molar refractivity (Wildman–Crippen MR) is 104 cm³/mol. The summed E-state index contributed by atoms with van der Waals surface area (Å²) in [6.45, 7) is 5.66. The average molecular weight is 331 g/mol. The summed E-state index contributed by atoms with van der Waals surface area (Å²) in [7, 11) is 0. The van der Waals surface area contributed by atoms with Gasteiger partial charge < -0.3 is 10.1 Å². The molecule has 1 N–H and O–H groups in total. The second-order valence-electron chi connectivity index (χ2n) is 6.40. The number of benzene rings is 3. The second-order valence-corrected chi connectivity index (χ2v) is 6.40. The lowest BCUT2D eigenvalue weighted by Crippen LogP contribution is -2.18. The Morgan fingerprint density at radius 2 is 1.64 bits per heavy atom. The van der Waals surface area contributed by atoms with E-state index in [9.17, 15) is 0 Å². The molecule has 2 heteroatoms. The van der Waals surface area contributed by atoms with Crippen LogP contribution in [0.25, 0.3) is 0 Å². The molecule has 0 saturated heterocycles. The Balaban J connectivity index is 1.62. The Bertz CT molecular complexity index is 798. The van der Waals surface area contributed by atoms with Gasteiger partial charge >= 0.3 is 0 Å². The molecule has 0 aliphatic heterocycles. The van der Waals surface area contributed by atoms with Gasteiger partial charge in [-0.25, -0.2) is 0 Å². The zero-order valence-electron chi connectivity index (χ0n) is 14.9. The normalized spacial score (nSPS) is 11.9. The molecule has 0 saturated carbocycles. The van der Waals surface area contributed by atoms with Crippen LogP contribution in [0.15, 0.2) is 78.9 Å². The van der Waals surface area contributed by atoms with Gasteiger partial charge in [0.05, 0.1) is 0 Å². The number of nitrogens with one attached hydrogen (secondary N) is 1. The molecule has 0 aliphatic carbocycles. The molecule has 128 valence electrons. The molecule has 2 nitrogen and oxygen atoms in total. The minimum atomic E-state index is 0.297. The molecule has 1 unspecified atom stereocenters. The molecular weight excluding hydrogens is 306 g/mol. The molecule has 0 amide bonds. The monoisotopic (exact) mass is 331 g/mol. The van der Waals surface area contributed by atoms with Crippen LogP contribution >= 0.6 is 0 Å². The lowest BCUT2D eigenvalue weighted by molar-refractivity contribution is 0.301. The highest BCUT2D eigenvalue weighted by Gasteiger charge is 2.07. The van der Waals surface area contributed by atoms with Crippen molar-refractivity contribution in [1.29, 1.82) is 0 Å². The van der Waals surface area contributed by atoms with Gasteiger partial charge in [-0.15, -0.1) is 0 Å². The van der Waals surface area contributed by atoms with Gasteiger partial charge in [-0.3, -0.25) is 0 Å². The number of ether oxygens (including phenoxy) is 1. The van der Waals surface area contributed by atoms with Crippen molar-refractivity contribution in [2.45, 2.75) is 33.0 Å². The van der Waals surface area contributed by atoms with E-state index in [1.165, 1.54) is 22.3 Å². The predicted octanol–water partition coefficient (Wildman–Crippen LogP) is 5.42. The van der Waals surface area contributed by atoms with Crippen LogP contribution in [-0.4, -0.2) is 0 Å². The number of para-hydroxylation sites is 1. The first-order valence-electron chi connectivity index (χ1n) is 8.77. The van der Waals surface area contributed by atoms with Crippen LogP contribution in [0.1, 0.15) is 35.2 Å². The van der Waals surface area contributed by atoms with E-state index in [4.69, 9.17) is 4.74 Å². The number of hydrogen-bond acceptors (Lipinski definition) is 2. The fraction of sp³-hybridized carbons (Fsp3) is 0.217. The first-order valence-corrected chi connectivity index (χ1v) is 8.77. The van der Waals surface area contributed by atoms with Gasteiger partial charge in [0.15, 0.2) is 0 Å². The summed E-state index contributed by atoms with van der Waals surface area (Å²) in [5, 5.41) is 3.58. The van der Waals surface area contributed by atoms with Gasteiger partial charge in [-0.2, -0.15) is 0 Å². The van der Waals surface area contributed by atoms with E-state index < -0.39 is 0 Å². The molecule has 0 fully saturated rings. The first kappa shape index (κ1) is 17.2. The van der Waals surface area contributed by atoms with Crippen molar-refractivity contribution < 1.29 is 4.74 Å². The molecule has 3 aromatic carbocycles. The van der Waals surface area contributed by atoms with Crippen molar-refractivity contribution in [3.63, 3.8) is 0 Å². The summed E-state index contributed by atoms with van der Waals surface area (Å²) in [6.07, 6.45) is 0. The molecule has 0 spiro atoms. The van der Waals surface area contributed by atoms with E-state index in [0.29, 0.717) is 12.6 Å². The first-order chi connectivity index (χ1) is 12.2. The van der Waals surface area contributed by atoms with Crippen LogP contribution in [0.2, 0.25) is 0 Å². The zero-order valence-corrected chi connectivity index (χ0v) is 14.9. The molecule has 0 heterocycles. The molecule has 1 atom stereocenters. The third-order valence-corrected chi connectivity index (χ3v) is 4.35. The molecule has 0 aromatic heterocycles. The summed E-state index contributed by atoms with van der Waals surface area (Å²) in [4.78, 5) is 0. The van der Waals surface area contributed by atoms with Gasteiger partial charge in [-0.1, -0.05) is 78.4 Å². The standard InChI is InChI=1S/C23H25NO/c1-18-9-8-10-20(15-18)17-25-23-14-7-6-13-22(23)16-24-19(2)21-11-4-3-5-12-21/h3-15,19,24H,16-17H2,1-2H3. The van der Waals surface area contributed by atoms with Crippen molar-refractivity contribution in [2.75, 3.05) is 0 Å². The average Bonchev–Trinajstić information content (AvgIpc) is 2.66. The Morgan fingerprint density at radius 3 is 2.44 bits per heavy atom. The molecular formula is C23H25NO. The Kier molecular flexibility index (Phi) is 5.86. The smallest absolute Gasteiger partial charge is 0.124 e. The van der Waals surface area contributed by atoms with Gasteiger partial charge in [-0.05, 0) is 31.0 Å². The van der Waals surface area contributed by atoms with Gasteiger partial charge in [0.25, 0.3) is 0 Å². The Morgan fingerprint density at radius 1 is 0.880 bits per heavy atom. The molecule has 0 aliphatic rings.